The highest BCUT2D eigenvalue weighted by molar-refractivity contribution is 5.77. The maximum absolute atomic E-state index is 11.5. The molecular weight excluding hydrogens is 308 g/mol. The summed E-state index contributed by atoms with van der Waals surface area (Å²) in [6.45, 7) is 2.53. The van der Waals surface area contributed by atoms with Crippen molar-refractivity contribution >= 4 is 5.91 Å². The minimum atomic E-state index is -0.0552. The average molecular weight is 330 g/mol. The Bertz CT molecular complexity index is 651. The topological polar surface area (TPSA) is 80.5 Å². The molecule has 2 heterocycles. The summed E-state index contributed by atoms with van der Waals surface area (Å²) < 4.78 is 10.2. The molecule has 1 aliphatic rings. The fourth-order valence-corrected chi connectivity index (χ4v) is 2.85. The first-order valence-corrected chi connectivity index (χ1v) is 8.13. The highest BCUT2D eigenvalue weighted by atomic mass is 16.5. The van der Waals surface area contributed by atoms with E-state index in [-0.39, 0.29) is 18.6 Å². The van der Waals surface area contributed by atoms with Crippen LogP contribution in [0.15, 0.2) is 34.9 Å². The molecule has 0 unspecified atom stereocenters. The maximum atomic E-state index is 11.5. The number of methoxy groups -OCH3 is 1. The number of nitrogens with one attached hydrogen (secondary N) is 1. The van der Waals surface area contributed by atoms with Gasteiger partial charge in [0.05, 0.1) is 6.54 Å². The molecule has 0 atom stereocenters. The SMILES string of the molecule is COCC(=O)NC1CCN(Cc2nc(-c3ccccc3)no2)CC1. The Hall–Kier alpha value is -2.25. The Labute approximate surface area is 141 Å². The van der Waals surface area contributed by atoms with E-state index in [2.05, 4.69) is 20.4 Å². The summed E-state index contributed by atoms with van der Waals surface area (Å²) in [7, 11) is 1.52. The standard InChI is InChI=1S/C17H22N4O3/c1-23-12-15(22)18-14-7-9-21(10-8-14)11-16-19-17(20-24-16)13-5-3-2-4-6-13/h2-6,14H,7-12H2,1H3,(H,18,22). The number of hydrogen-bond donors (Lipinski definition) is 1. The van der Waals surface area contributed by atoms with Crippen molar-refractivity contribution in [2.75, 3.05) is 26.8 Å². The van der Waals surface area contributed by atoms with E-state index in [0.717, 1.165) is 31.5 Å². The fraction of sp³-hybridized carbons (Fsp3) is 0.471. The van der Waals surface area contributed by atoms with Gasteiger partial charge in [0.15, 0.2) is 0 Å². The van der Waals surface area contributed by atoms with Crippen molar-refractivity contribution in [1.29, 1.82) is 0 Å². The number of hydrogen-bond acceptors (Lipinski definition) is 6. The van der Waals surface area contributed by atoms with Gasteiger partial charge in [-0.15, -0.1) is 0 Å². The van der Waals surface area contributed by atoms with Gasteiger partial charge in [-0.2, -0.15) is 4.98 Å². The molecule has 1 aliphatic heterocycles. The van der Waals surface area contributed by atoms with Crippen molar-refractivity contribution in [2.24, 2.45) is 0 Å². The summed E-state index contributed by atoms with van der Waals surface area (Å²) in [5, 5.41) is 7.03. The van der Waals surface area contributed by atoms with Crippen LogP contribution < -0.4 is 5.32 Å². The number of piperidine rings is 1. The molecule has 1 amide bonds. The van der Waals surface area contributed by atoms with Crippen molar-refractivity contribution in [3.63, 3.8) is 0 Å². The number of aromatic nitrogens is 2. The Morgan fingerprint density at radius 3 is 2.79 bits per heavy atom. The van der Waals surface area contributed by atoms with Gasteiger partial charge in [-0.3, -0.25) is 9.69 Å². The zero-order valence-electron chi connectivity index (χ0n) is 13.8. The van der Waals surface area contributed by atoms with Gasteiger partial charge in [0.25, 0.3) is 0 Å². The predicted molar refractivity (Wildman–Crippen MR) is 88.1 cm³/mol. The fourth-order valence-electron chi connectivity index (χ4n) is 2.85. The number of likely N-dealkylation sites (tertiary alicyclic amines) is 1. The molecular formula is C17H22N4O3. The molecule has 0 spiro atoms. The molecule has 0 saturated carbocycles. The zero-order valence-corrected chi connectivity index (χ0v) is 13.8. The first-order chi connectivity index (χ1) is 11.7. The lowest BCUT2D eigenvalue weighted by Gasteiger charge is -2.31. The van der Waals surface area contributed by atoms with Crippen LogP contribution in [0.1, 0.15) is 18.7 Å². The van der Waals surface area contributed by atoms with E-state index in [0.29, 0.717) is 18.3 Å². The van der Waals surface area contributed by atoms with Crippen LogP contribution in [-0.4, -0.2) is 53.8 Å². The molecule has 1 fully saturated rings. The van der Waals surface area contributed by atoms with Crippen molar-refractivity contribution in [3.8, 4) is 11.4 Å². The van der Waals surface area contributed by atoms with Crippen LogP contribution in [0.3, 0.4) is 0 Å². The predicted octanol–water partition coefficient (Wildman–Crippen LogP) is 1.46. The van der Waals surface area contributed by atoms with Crippen LogP contribution in [0.5, 0.6) is 0 Å². The van der Waals surface area contributed by atoms with Gasteiger partial charge >= 0.3 is 0 Å². The van der Waals surface area contributed by atoms with E-state index in [9.17, 15) is 4.79 Å². The lowest BCUT2D eigenvalue weighted by molar-refractivity contribution is -0.125. The molecule has 2 aromatic rings. The summed E-state index contributed by atoms with van der Waals surface area (Å²) in [4.78, 5) is 18.3. The highest BCUT2D eigenvalue weighted by Gasteiger charge is 2.22. The molecule has 7 heteroatoms. The van der Waals surface area contributed by atoms with Crippen LogP contribution in [0, 0.1) is 0 Å². The van der Waals surface area contributed by atoms with E-state index in [1.54, 1.807) is 0 Å². The number of benzene rings is 1. The minimum Gasteiger partial charge on any atom is -0.375 e. The summed E-state index contributed by atoms with van der Waals surface area (Å²) in [5.41, 5.74) is 0.951. The zero-order chi connectivity index (χ0) is 16.8. The van der Waals surface area contributed by atoms with E-state index in [4.69, 9.17) is 9.26 Å². The van der Waals surface area contributed by atoms with Crippen LogP contribution in [-0.2, 0) is 16.1 Å². The number of ether oxygens (including phenoxy) is 1. The van der Waals surface area contributed by atoms with Gasteiger partial charge < -0.3 is 14.6 Å². The number of carbonyl (C=O) groups excluding carboxylic acids is 1. The van der Waals surface area contributed by atoms with Crippen LogP contribution >= 0.6 is 0 Å². The molecule has 0 radical (unpaired) electrons. The van der Waals surface area contributed by atoms with Gasteiger partial charge in [0.1, 0.15) is 6.61 Å². The molecule has 7 nitrogen and oxygen atoms in total. The largest absolute Gasteiger partial charge is 0.375 e. The second kappa shape index (κ2) is 8.03. The summed E-state index contributed by atoms with van der Waals surface area (Å²) in [5.74, 6) is 1.18. The first-order valence-electron chi connectivity index (χ1n) is 8.13. The lowest BCUT2D eigenvalue weighted by atomic mass is 10.1. The molecule has 1 aromatic carbocycles. The normalized spacial score (nSPS) is 16.2. The molecule has 3 rings (SSSR count). The van der Waals surface area contributed by atoms with E-state index in [1.165, 1.54) is 7.11 Å². The molecule has 1 saturated heterocycles. The van der Waals surface area contributed by atoms with E-state index in [1.807, 2.05) is 30.3 Å². The second-order valence-corrected chi connectivity index (χ2v) is 5.93. The maximum Gasteiger partial charge on any atom is 0.246 e. The van der Waals surface area contributed by atoms with Crippen LogP contribution in [0.2, 0.25) is 0 Å². The Morgan fingerprint density at radius 2 is 2.08 bits per heavy atom. The number of rotatable bonds is 6. The van der Waals surface area contributed by atoms with Gasteiger partial charge in [0.2, 0.25) is 17.6 Å². The Balaban J connectivity index is 1.48. The Kier molecular flexibility index (Phi) is 5.55. The number of amides is 1. The molecule has 1 N–H and O–H groups in total. The van der Waals surface area contributed by atoms with E-state index < -0.39 is 0 Å². The van der Waals surface area contributed by atoms with Gasteiger partial charge in [-0.05, 0) is 12.8 Å². The van der Waals surface area contributed by atoms with Gasteiger partial charge in [-0.1, -0.05) is 35.5 Å². The lowest BCUT2D eigenvalue weighted by Crippen LogP contribution is -2.45. The Morgan fingerprint density at radius 1 is 1.33 bits per heavy atom. The molecule has 0 bridgehead atoms. The first kappa shape index (κ1) is 16.6. The van der Waals surface area contributed by atoms with E-state index >= 15 is 0 Å². The minimum absolute atomic E-state index is 0.0552. The molecule has 1 aromatic heterocycles. The van der Waals surface area contributed by atoms with Crippen LogP contribution in [0.4, 0.5) is 0 Å². The summed E-state index contributed by atoms with van der Waals surface area (Å²) in [6.07, 6.45) is 1.82. The monoisotopic (exact) mass is 330 g/mol. The average Bonchev–Trinajstić information content (AvgIpc) is 3.06. The summed E-state index contributed by atoms with van der Waals surface area (Å²) in [6, 6.07) is 10.00. The van der Waals surface area contributed by atoms with Gasteiger partial charge in [0, 0.05) is 31.8 Å². The quantitative estimate of drug-likeness (QED) is 0.864. The third-order valence-electron chi connectivity index (χ3n) is 4.09. The van der Waals surface area contributed by atoms with Gasteiger partial charge in [-0.25, -0.2) is 0 Å². The third-order valence-corrected chi connectivity index (χ3v) is 4.09. The second-order valence-electron chi connectivity index (χ2n) is 5.93. The van der Waals surface area contributed by atoms with Crippen molar-refractivity contribution < 1.29 is 14.1 Å². The molecule has 0 aliphatic carbocycles. The number of nitrogens with zero attached hydrogens (tertiary/aromatic N) is 3. The van der Waals surface area contributed by atoms with Crippen molar-refractivity contribution in [2.45, 2.75) is 25.4 Å². The van der Waals surface area contributed by atoms with Crippen molar-refractivity contribution in [3.05, 3.63) is 36.2 Å². The number of carbonyl (C=O) groups is 1. The molecule has 128 valence electrons. The van der Waals surface area contributed by atoms with Crippen LogP contribution in [0.25, 0.3) is 11.4 Å². The smallest absolute Gasteiger partial charge is 0.246 e. The molecule has 24 heavy (non-hydrogen) atoms. The summed E-state index contributed by atoms with van der Waals surface area (Å²) >= 11 is 0. The highest BCUT2D eigenvalue weighted by Crippen LogP contribution is 2.17. The van der Waals surface area contributed by atoms with Crippen molar-refractivity contribution in [1.82, 2.24) is 20.4 Å². The third kappa shape index (κ3) is 4.39.